The van der Waals surface area contributed by atoms with Crippen molar-refractivity contribution in [2.24, 2.45) is 0 Å². The molecule has 0 aromatic carbocycles. The largest absolute Gasteiger partial charge is 0.396 e. The van der Waals surface area contributed by atoms with Crippen LogP contribution in [0, 0.1) is 0 Å². The molecule has 1 fully saturated rings. The lowest BCUT2D eigenvalue weighted by Crippen LogP contribution is -2.51. The van der Waals surface area contributed by atoms with Gasteiger partial charge in [-0.3, -0.25) is 0 Å². The summed E-state index contributed by atoms with van der Waals surface area (Å²) in [6.07, 6.45) is -1.88. The van der Waals surface area contributed by atoms with Crippen molar-refractivity contribution in [2.75, 3.05) is 19.8 Å². The molecule has 0 aromatic rings. The second-order valence-corrected chi connectivity index (χ2v) is 4.49. The summed E-state index contributed by atoms with van der Waals surface area (Å²) < 4.78 is 11.0. The summed E-state index contributed by atoms with van der Waals surface area (Å²) in [5.41, 5.74) is -1.17. The first-order chi connectivity index (χ1) is 7.40. The quantitative estimate of drug-likeness (QED) is 0.469. The molecule has 1 aliphatic rings. The van der Waals surface area contributed by atoms with E-state index in [0.717, 1.165) is 0 Å². The Morgan fingerprint density at radius 2 is 1.88 bits per heavy atom. The summed E-state index contributed by atoms with van der Waals surface area (Å²) in [5, 5.41) is 36.9. The average molecular weight is 236 g/mol. The Balaban J connectivity index is 2.93. The van der Waals surface area contributed by atoms with E-state index in [1.54, 1.807) is 13.8 Å². The molecule has 0 saturated carbocycles. The molecular weight excluding hydrogens is 216 g/mol. The minimum atomic E-state index is -1.17. The SMILES string of the molecule is CC1(C)O[C@@H]([C@H](O)CO)[C@@](CO)(CCO)O1. The summed E-state index contributed by atoms with van der Waals surface area (Å²) in [4.78, 5) is 0. The molecule has 0 radical (unpaired) electrons. The lowest BCUT2D eigenvalue weighted by atomic mass is 9.90. The van der Waals surface area contributed by atoms with Gasteiger partial charge in [-0.05, 0) is 13.8 Å². The van der Waals surface area contributed by atoms with Crippen molar-refractivity contribution in [3.8, 4) is 0 Å². The molecular formula is C10H20O6. The highest BCUT2D eigenvalue weighted by Crippen LogP contribution is 2.39. The summed E-state index contributed by atoms with van der Waals surface area (Å²) in [7, 11) is 0. The Kier molecular flexibility index (Phi) is 4.28. The van der Waals surface area contributed by atoms with Crippen molar-refractivity contribution in [2.45, 2.75) is 43.9 Å². The van der Waals surface area contributed by atoms with E-state index >= 15 is 0 Å². The molecule has 16 heavy (non-hydrogen) atoms. The molecule has 1 rings (SSSR count). The summed E-state index contributed by atoms with van der Waals surface area (Å²) >= 11 is 0. The standard InChI is InChI=1S/C10H20O6/c1-9(2)15-8(7(14)5-12)10(6-13,16-9)3-4-11/h7-8,11-14H,3-6H2,1-2H3/t7-,8+,10+/m1/s1. The van der Waals surface area contributed by atoms with Crippen LogP contribution >= 0.6 is 0 Å². The minimum Gasteiger partial charge on any atom is -0.396 e. The van der Waals surface area contributed by atoms with Crippen LogP contribution in [0.3, 0.4) is 0 Å². The molecule has 96 valence electrons. The van der Waals surface area contributed by atoms with Crippen LogP contribution < -0.4 is 0 Å². The van der Waals surface area contributed by atoms with E-state index in [1.807, 2.05) is 0 Å². The van der Waals surface area contributed by atoms with Crippen LogP contribution in [0.15, 0.2) is 0 Å². The number of rotatable bonds is 5. The third-order valence-corrected chi connectivity index (χ3v) is 2.72. The predicted molar refractivity (Wildman–Crippen MR) is 54.6 cm³/mol. The molecule has 1 saturated heterocycles. The zero-order chi connectivity index (χ0) is 12.4. The molecule has 0 bridgehead atoms. The van der Waals surface area contributed by atoms with Gasteiger partial charge in [0, 0.05) is 13.0 Å². The summed E-state index contributed by atoms with van der Waals surface area (Å²) in [6, 6.07) is 0. The second kappa shape index (κ2) is 4.95. The number of aliphatic hydroxyl groups is 4. The molecule has 6 nitrogen and oxygen atoms in total. The van der Waals surface area contributed by atoms with Crippen LogP contribution in [-0.4, -0.2) is 63.8 Å². The Morgan fingerprint density at radius 3 is 2.31 bits per heavy atom. The lowest BCUT2D eigenvalue weighted by molar-refractivity contribution is -0.174. The first-order valence-electron chi connectivity index (χ1n) is 5.29. The van der Waals surface area contributed by atoms with Gasteiger partial charge in [0.2, 0.25) is 0 Å². The maximum absolute atomic E-state index is 9.64. The first-order valence-corrected chi connectivity index (χ1v) is 5.29. The van der Waals surface area contributed by atoms with Crippen molar-refractivity contribution in [1.29, 1.82) is 0 Å². The predicted octanol–water partition coefficient (Wildman–Crippen LogP) is -1.40. The molecule has 4 N–H and O–H groups in total. The van der Waals surface area contributed by atoms with E-state index in [2.05, 4.69) is 0 Å². The Hall–Kier alpha value is -0.240. The van der Waals surface area contributed by atoms with Gasteiger partial charge < -0.3 is 29.9 Å². The number of hydrogen-bond donors (Lipinski definition) is 4. The zero-order valence-electron chi connectivity index (χ0n) is 9.59. The monoisotopic (exact) mass is 236 g/mol. The molecule has 1 heterocycles. The second-order valence-electron chi connectivity index (χ2n) is 4.49. The van der Waals surface area contributed by atoms with Gasteiger partial charge in [0.15, 0.2) is 5.79 Å². The lowest BCUT2D eigenvalue weighted by Gasteiger charge is -2.32. The molecule has 0 aromatic heterocycles. The van der Waals surface area contributed by atoms with Crippen molar-refractivity contribution in [1.82, 2.24) is 0 Å². The van der Waals surface area contributed by atoms with Crippen LogP contribution in [-0.2, 0) is 9.47 Å². The van der Waals surface area contributed by atoms with Crippen molar-refractivity contribution >= 4 is 0 Å². The fourth-order valence-corrected chi connectivity index (χ4v) is 2.09. The topological polar surface area (TPSA) is 99.4 Å². The van der Waals surface area contributed by atoms with Crippen LogP contribution in [0.4, 0.5) is 0 Å². The van der Waals surface area contributed by atoms with Crippen molar-refractivity contribution < 1.29 is 29.9 Å². The Labute approximate surface area is 94.4 Å². The van der Waals surface area contributed by atoms with E-state index in [0.29, 0.717) is 0 Å². The fraction of sp³-hybridized carbons (Fsp3) is 1.00. The normalized spacial score (nSPS) is 35.2. The highest BCUT2D eigenvalue weighted by atomic mass is 16.8. The number of ether oxygens (including phenoxy) is 2. The smallest absolute Gasteiger partial charge is 0.164 e. The maximum atomic E-state index is 9.64. The molecule has 0 spiro atoms. The number of hydrogen-bond acceptors (Lipinski definition) is 6. The highest BCUT2D eigenvalue weighted by Gasteiger charge is 2.55. The van der Waals surface area contributed by atoms with Gasteiger partial charge in [-0.1, -0.05) is 0 Å². The molecule has 1 aliphatic heterocycles. The van der Waals surface area contributed by atoms with Gasteiger partial charge in [-0.15, -0.1) is 0 Å². The van der Waals surface area contributed by atoms with Crippen LogP contribution in [0.25, 0.3) is 0 Å². The third kappa shape index (κ3) is 2.53. The van der Waals surface area contributed by atoms with Crippen LogP contribution in [0.1, 0.15) is 20.3 Å². The van der Waals surface area contributed by atoms with E-state index in [9.17, 15) is 10.2 Å². The van der Waals surface area contributed by atoms with Gasteiger partial charge in [0.1, 0.15) is 17.8 Å². The average Bonchev–Trinajstić information content (AvgIpc) is 2.50. The van der Waals surface area contributed by atoms with E-state index in [1.165, 1.54) is 0 Å². The van der Waals surface area contributed by atoms with Gasteiger partial charge in [0.05, 0.1) is 13.2 Å². The zero-order valence-corrected chi connectivity index (χ0v) is 9.59. The molecule has 0 unspecified atom stereocenters. The fourth-order valence-electron chi connectivity index (χ4n) is 2.09. The number of aliphatic hydroxyl groups excluding tert-OH is 4. The van der Waals surface area contributed by atoms with E-state index < -0.39 is 36.8 Å². The Bertz CT molecular complexity index is 231. The summed E-state index contributed by atoms with van der Waals surface area (Å²) in [5.74, 6) is -0.960. The van der Waals surface area contributed by atoms with Crippen molar-refractivity contribution in [3.05, 3.63) is 0 Å². The maximum Gasteiger partial charge on any atom is 0.164 e. The van der Waals surface area contributed by atoms with Gasteiger partial charge in [0.25, 0.3) is 0 Å². The van der Waals surface area contributed by atoms with E-state index in [-0.39, 0.29) is 13.0 Å². The third-order valence-electron chi connectivity index (χ3n) is 2.72. The van der Waals surface area contributed by atoms with Crippen LogP contribution in [0.2, 0.25) is 0 Å². The molecule has 0 amide bonds. The van der Waals surface area contributed by atoms with Gasteiger partial charge in [-0.2, -0.15) is 0 Å². The van der Waals surface area contributed by atoms with Gasteiger partial charge in [-0.25, -0.2) is 0 Å². The highest BCUT2D eigenvalue weighted by molar-refractivity contribution is 4.99. The minimum absolute atomic E-state index is 0.134. The molecule has 0 aliphatic carbocycles. The van der Waals surface area contributed by atoms with Crippen LogP contribution in [0.5, 0.6) is 0 Å². The van der Waals surface area contributed by atoms with Crippen molar-refractivity contribution in [3.63, 3.8) is 0 Å². The van der Waals surface area contributed by atoms with E-state index in [4.69, 9.17) is 19.7 Å². The Morgan fingerprint density at radius 1 is 1.25 bits per heavy atom. The van der Waals surface area contributed by atoms with Gasteiger partial charge >= 0.3 is 0 Å². The first kappa shape index (κ1) is 13.8. The molecule has 3 atom stereocenters. The molecule has 6 heteroatoms. The summed E-state index contributed by atoms with van der Waals surface area (Å²) in [6.45, 7) is 2.22.